The summed E-state index contributed by atoms with van der Waals surface area (Å²) < 4.78 is 10.7. The van der Waals surface area contributed by atoms with E-state index in [1.165, 1.54) is 0 Å². The molecule has 27 heavy (non-hydrogen) atoms. The number of aromatic nitrogens is 5. The Hall–Kier alpha value is -3.07. The van der Waals surface area contributed by atoms with Crippen LogP contribution in [0.5, 0.6) is 0 Å². The van der Waals surface area contributed by atoms with E-state index in [1.807, 2.05) is 24.3 Å². The Bertz CT molecular complexity index is 878. The lowest BCUT2D eigenvalue weighted by Gasteiger charge is -2.27. The first-order chi connectivity index (χ1) is 13.3. The zero-order chi connectivity index (χ0) is 18.5. The van der Waals surface area contributed by atoms with Crippen LogP contribution in [0.4, 0.5) is 11.8 Å². The lowest BCUT2D eigenvalue weighted by Crippen LogP contribution is -2.37. The van der Waals surface area contributed by atoms with Crippen LogP contribution in [0.15, 0.2) is 35.0 Å². The van der Waals surface area contributed by atoms with Gasteiger partial charge in [0, 0.05) is 31.0 Å². The average molecular weight is 367 g/mol. The maximum atomic E-state index is 5.41. The van der Waals surface area contributed by atoms with Crippen LogP contribution in [0, 0.1) is 0 Å². The van der Waals surface area contributed by atoms with Gasteiger partial charge in [-0.15, -0.1) is 0 Å². The second-order valence-electron chi connectivity index (χ2n) is 6.08. The molecule has 1 fully saturated rings. The van der Waals surface area contributed by atoms with Gasteiger partial charge < -0.3 is 19.5 Å². The van der Waals surface area contributed by atoms with Crippen molar-refractivity contribution >= 4 is 11.8 Å². The summed E-state index contributed by atoms with van der Waals surface area (Å²) >= 11 is 0. The monoisotopic (exact) mass is 367 g/mol. The van der Waals surface area contributed by atoms with Gasteiger partial charge in [-0.3, -0.25) is 4.98 Å². The minimum absolute atomic E-state index is 0.378. The van der Waals surface area contributed by atoms with Gasteiger partial charge in [0.1, 0.15) is 11.5 Å². The van der Waals surface area contributed by atoms with Crippen LogP contribution in [0.1, 0.15) is 18.5 Å². The molecule has 0 aromatic carbocycles. The quantitative estimate of drug-likeness (QED) is 0.700. The number of nitrogens with one attached hydrogen (secondary N) is 1. The van der Waals surface area contributed by atoms with Gasteiger partial charge in [0.05, 0.1) is 19.8 Å². The number of anilines is 2. The number of nitrogens with zero attached hydrogens (tertiary/aromatic N) is 6. The van der Waals surface area contributed by atoms with E-state index in [2.05, 4.69) is 42.2 Å². The van der Waals surface area contributed by atoms with E-state index in [0.717, 1.165) is 37.0 Å². The molecule has 9 nitrogen and oxygen atoms in total. The van der Waals surface area contributed by atoms with Crippen LogP contribution >= 0.6 is 0 Å². The highest BCUT2D eigenvalue weighted by atomic mass is 16.5. The van der Waals surface area contributed by atoms with Crippen LogP contribution < -0.4 is 10.2 Å². The maximum absolute atomic E-state index is 5.41. The molecular weight excluding hydrogens is 346 g/mol. The van der Waals surface area contributed by atoms with Crippen LogP contribution in [0.25, 0.3) is 11.5 Å². The van der Waals surface area contributed by atoms with E-state index in [1.54, 1.807) is 6.20 Å². The zero-order valence-electron chi connectivity index (χ0n) is 15.1. The minimum atomic E-state index is 0.378. The number of aryl methyl sites for hydroxylation is 1. The van der Waals surface area contributed by atoms with Gasteiger partial charge in [-0.2, -0.15) is 9.97 Å². The number of rotatable bonds is 6. The third-order valence-electron chi connectivity index (χ3n) is 4.21. The first-order valence-electron chi connectivity index (χ1n) is 9.00. The summed E-state index contributed by atoms with van der Waals surface area (Å²) in [6.07, 6.45) is 2.53. The number of ether oxygens (including phenoxy) is 1. The molecule has 140 valence electrons. The van der Waals surface area contributed by atoms with Gasteiger partial charge in [-0.05, 0) is 18.6 Å². The number of hydrogen-bond donors (Lipinski definition) is 1. The summed E-state index contributed by atoms with van der Waals surface area (Å²) in [5.41, 5.74) is 1.66. The molecule has 0 radical (unpaired) electrons. The second-order valence-corrected chi connectivity index (χ2v) is 6.08. The van der Waals surface area contributed by atoms with Gasteiger partial charge in [-0.1, -0.05) is 18.1 Å². The fourth-order valence-electron chi connectivity index (χ4n) is 2.75. The molecule has 4 rings (SSSR count). The Kier molecular flexibility index (Phi) is 5.20. The van der Waals surface area contributed by atoms with Crippen LogP contribution in [-0.2, 0) is 17.7 Å². The van der Waals surface area contributed by atoms with Crippen molar-refractivity contribution in [3.05, 3.63) is 42.0 Å². The second kappa shape index (κ2) is 8.09. The van der Waals surface area contributed by atoms with Crippen molar-refractivity contribution < 1.29 is 9.26 Å². The highest BCUT2D eigenvalue weighted by molar-refractivity contribution is 5.47. The predicted octanol–water partition coefficient (Wildman–Crippen LogP) is 1.93. The van der Waals surface area contributed by atoms with Gasteiger partial charge in [-0.25, -0.2) is 4.98 Å². The summed E-state index contributed by atoms with van der Waals surface area (Å²) in [5.74, 6) is 2.40. The van der Waals surface area contributed by atoms with Crippen LogP contribution in [-0.4, -0.2) is 51.4 Å². The van der Waals surface area contributed by atoms with E-state index in [-0.39, 0.29) is 0 Å². The molecule has 1 N–H and O–H groups in total. The molecule has 0 amide bonds. The van der Waals surface area contributed by atoms with E-state index in [4.69, 9.17) is 9.26 Å². The topological polar surface area (TPSA) is 102 Å². The summed E-state index contributed by atoms with van der Waals surface area (Å²) in [5, 5.41) is 7.23. The molecule has 3 aromatic rings. The molecule has 3 aromatic heterocycles. The minimum Gasteiger partial charge on any atom is -0.378 e. The number of pyridine rings is 1. The zero-order valence-corrected chi connectivity index (χ0v) is 15.1. The summed E-state index contributed by atoms with van der Waals surface area (Å²) in [4.78, 5) is 20.0. The molecule has 1 saturated heterocycles. The van der Waals surface area contributed by atoms with E-state index < -0.39 is 0 Å². The Morgan fingerprint density at radius 3 is 2.81 bits per heavy atom. The maximum Gasteiger partial charge on any atom is 0.246 e. The first kappa shape index (κ1) is 17.3. The highest BCUT2D eigenvalue weighted by Gasteiger charge is 2.16. The normalized spacial score (nSPS) is 14.3. The van der Waals surface area contributed by atoms with Crippen molar-refractivity contribution in [2.24, 2.45) is 0 Å². The Morgan fingerprint density at radius 1 is 1.15 bits per heavy atom. The highest BCUT2D eigenvalue weighted by Crippen LogP contribution is 2.17. The Labute approximate surface area is 156 Å². The summed E-state index contributed by atoms with van der Waals surface area (Å²) in [7, 11) is 0. The third-order valence-corrected chi connectivity index (χ3v) is 4.21. The summed E-state index contributed by atoms with van der Waals surface area (Å²) in [6, 6.07) is 7.52. The fraction of sp³-hybridized carbons (Fsp3) is 0.389. The lowest BCUT2D eigenvalue weighted by molar-refractivity contribution is 0.122. The smallest absolute Gasteiger partial charge is 0.246 e. The molecule has 1 aliphatic rings. The van der Waals surface area contributed by atoms with Crippen molar-refractivity contribution in [2.45, 2.75) is 19.9 Å². The number of morpholine rings is 1. The standard InChI is InChI=1S/C18H21N7O2/c1-2-13-11-15(22-18(21-13)25-7-9-26-10-8-25)20-12-16-23-17(24-27-16)14-5-3-4-6-19-14/h3-6,11H,2,7-10,12H2,1H3,(H,20,21,22). The SMILES string of the molecule is CCc1cc(NCc2nc(-c3ccccn3)no2)nc(N2CCOCC2)n1. The average Bonchev–Trinajstić information content (AvgIpc) is 3.22. The molecule has 0 saturated carbocycles. The molecule has 4 heterocycles. The lowest BCUT2D eigenvalue weighted by atomic mass is 10.3. The van der Waals surface area contributed by atoms with E-state index in [9.17, 15) is 0 Å². The van der Waals surface area contributed by atoms with Crippen molar-refractivity contribution in [1.29, 1.82) is 0 Å². The van der Waals surface area contributed by atoms with Gasteiger partial charge in [0.2, 0.25) is 17.7 Å². The molecule has 0 atom stereocenters. The van der Waals surface area contributed by atoms with Crippen molar-refractivity contribution in [3.8, 4) is 11.5 Å². The summed E-state index contributed by atoms with van der Waals surface area (Å²) in [6.45, 7) is 5.43. The molecule has 0 bridgehead atoms. The van der Waals surface area contributed by atoms with Crippen LogP contribution in [0.3, 0.4) is 0 Å². The van der Waals surface area contributed by atoms with Gasteiger partial charge in [0.25, 0.3) is 0 Å². The van der Waals surface area contributed by atoms with Crippen molar-refractivity contribution in [3.63, 3.8) is 0 Å². The van der Waals surface area contributed by atoms with E-state index >= 15 is 0 Å². The van der Waals surface area contributed by atoms with E-state index in [0.29, 0.717) is 37.2 Å². The fourth-order valence-corrected chi connectivity index (χ4v) is 2.75. The van der Waals surface area contributed by atoms with Crippen LogP contribution in [0.2, 0.25) is 0 Å². The first-order valence-corrected chi connectivity index (χ1v) is 9.00. The van der Waals surface area contributed by atoms with Gasteiger partial charge >= 0.3 is 0 Å². The molecule has 0 spiro atoms. The van der Waals surface area contributed by atoms with Crippen molar-refractivity contribution in [1.82, 2.24) is 25.1 Å². The van der Waals surface area contributed by atoms with Crippen molar-refractivity contribution in [2.75, 3.05) is 36.5 Å². The molecule has 0 unspecified atom stereocenters. The Balaban J connectivity index is 1.47. The Morgan fingerprint density at radius 2 is 2.04 bits per heavy atom. The molecular formula is C18H21N7O2. The number of hydrogen-bond acceptors (Lipinski definition) is 9. The molecule has 9 heteroatoms. The third kappa shape index (κ3) is 4.20. The molecule has 0 aliphatic carbocycles. The largest absolute Gasteiger partial charge is 0.378 e. The van der Waals surface area contributed by atoms with Gasteiger partial charge in [0.15, 0.2) is 0 Å². The molecule has 1 aliphatic heterocycles. The predicted molar refractivity (Wildman–Crippen MR) is 99.3 cm³/mol.